The summed E-state index contributed by atoms with van der Waals surface area (Å²) in [5.74, 6) is 0.941. The lowest BCUT2D eigenvalue weighted by Gasteiger charge is -2.36. The zero-order valence-corrected chi connectivity index (χ0v) is 12.4. The first-order valence-corrected chi connectivity index (χ1v) is 7.39. The second-order valence-corrected chi connectivity index (χ2v) is 6.21. The van der Waals surface area contributed by atoms with Crippen molar-refractivity contribution in [1.29, 1.82) is 0 Å². The fourth-order valence-electron chi connectivity index (χ4n) is 2.72. The van der Waals surface area contributed by atoms with E-state index in [0.717, 1.165) is 32.4 Å². The van der Waals surface area contributed by atoms with Gasteiger partial charge in [0, 0.05) is 18.5 Å². The minimum Gasteiger partial charge on any atom is -0.342 e. The molecule has 0 unspecified atom stereocenters. The molecule has 0 spiro atoms. The summed E-state index contributed by atoms with van der Waals surface area (Å²) in [7, 11) is 0. The maximum atomic E-state index is 12.4. The van der Waals surface area contributed by atoms with Crippen LogP contribution in [0.3, 0.4) is 0 Å². The molecule has 2 rings (SSSR count). The maximum absolute atomic E-state index is 12.4. The SMILES string of the molecule is CCC(C)(C)C(=O)N1CCC(c2ccccc2)CC1. The van der Waals surface area contributed by atoms with E-state index in [1.54, 1.807) is 0 Å². The third kappa shape index (κ3) is 3.17. The molecule has 1 fully saturated rings. The summed E-state index contributed by atoms with van der Waals surface area (Å²) in [5, 5.41) is 0. The highest BCUT2D eigenvalue weighted by atomic mass is 16.2. The van der Waals surface area contributed by atoms with E-state index in [2.05, 4.69) is 56.0 Å². The van der Waals surface area contributed by atoms with Crippen LogP contribution in [0.2, 0.25) is 0 Å². The fraction of sp³-hybridized carbons (Fsp3) is 0.588. The molecule has 0 N–H and O–H groups in total. The number of rotatable bonds is 3. The molecule has 0 atom stereocenters. The van der Waals surface area contributed by atoms with Gasteiger partial charge < -0.3 is 4.90 Å². The standard InChI is InChI=1S/C17H25NO/c1-4-17(2,3)16(19)18-12-10-15(11-13-18)14-8-6-5-7-9-14/h5-9,15H,4,10-13H2,1-3H3. The summed E-state index contributed by atoms with van der Waals surface area (Å²) in [5.41, 5.74) is 1.21. The van der Waals surface area contributed by atoms with Crippen molar-refractivity contribution in [2.24, 2.45) is 5.41 Å². The second kappa shape index (κ2) is 5.77. The van der Waals surface area contributed by atoms with E-state index in [9.17, 15) is 4.79 Å². The van der Waals surface area contributed by atoms with Gasteiger partial charge in [-0.3, -0.25) is 4.79 Å². The first-order valence-electron chi connectivity index (χ1n) is 7.39. The number of hydrogen-bond donors (Lipinski definition) is 0. The van der Waals surface area contributed by atoms with E-state index < -0.39 is 0 Å². The van der Waals surface area contributed by atoms with Crippen LogP contribution in [-0.4, -0.2) is 23.9 Å². The lowest BCUT2D eigenvalue weighted by atomic mass is 9.85. The van der Waals surface area contributed by atoms with Crippen LogP contribution < -0.4 is 0 Å². The predicted octanol–water partition coefficient (Wildman–Crippen LogP) is 3.83. The first kappa shape index (κ1) is 14.1. The molecule has 1 amide bonds. The third-order valence-corrected chi connectivity index (χ3v) is 4.52. The van der Waals surface area contributed by atoms with Crippen LogP contribution in [0, 0.1) is 5.41 Å². The highest BCUT2D eigenvalue weighted by Gasteiger charge is 2.32. The van der Waals surface area contributed by atoms with Crippen LogP contribution in [0.5, 0.6) is 0 Å². The predicted molar refractivity (Wildman–Crippen MR) is 79.1 cm³/mol. The molecule has 0 aromatic heterocycles. The molecular weight excluding hydrogens is 234 g/mol. The molecule has 19 heavy (non-hydrogen) atoms. The molecule has 2 heteroatoms. The number of carbonyl (C=O) groups is 1. The van der Waals surface area contributed by atoms with Gasteiger partial charge >= 0.3 is 0 Å². The minimum absolute atomic E-state index is 0.209. The Bertz CT molecular complexity index is 416. The van der Waals surface area contributed by atoms with Gasteiger partial charge in [-0.25, -0.2) is 0 Å². The summed E-state index contributed by atoms with van der Waals surface area (Å²) in [4.78, 5) is 14.5. The van der Waals surface area contributed by atoms with Crippen LogP contribution in [0.4, 0.5) is 0 Å². The molecule has 1 aliphatic rings. The molecule has 1 aromatic carbocycles. The zero-order valence-electron chi connectivity index (χ0n) is 12.4. The van der Waals surface area contributed by atoms with Gasteiger partial charge in [0.25, 0.3) is 0 Å². The van der Waals surface area contributed by atoms with E-state index >= 15 is 0 Å². The van der Waals surface area contributed by atoms with Crippen molar-refractivity contribution < 1.29 is 4.79 Å². The molecule has 1 aliphatic heterocycles. The smallest absolute Gasteiger partial charge is 0.228 e. The Balaban J connectivity index is 1.95. The highest BCUT2D eigenvalue weighted by molar-refractivity contribution is 5.82. The Morgan fingerprint density at radius 1 is 1.21 bits per heavy atom. The lowest BCUT2D eigenvalue weighted by Crippen LogP contribution is -2.44. The zero-order chi connectivity index (χ0) is 13.9. The van der Waals surface area contributed by atoms with Crippen LogP contribution in [-0.2, 0) is 4.79 Å². The van der Waals surface area contributed by atoms with Gasteiger partial charge in [0.05, 0.1) is 0 Å². The summed E-state index contributed by atoms with van der Waals surface area (Å²) < 4.78 is 0. The van der Waals surface area contributed by atoms with E-state index in [0.29, 0.717) is 11.8 Å². The molecule has 2 nitrogen and oxygen atoms in total. The largest absolute Gasteiger partial charge is 0.342 e. The van der Waals surface area contributed by atoms with Gasteiger partial charge in [-0.05, 0) is 30.7 Å². The number of carbonyl (C=O) groups excluding carboxylic acids is 1. The Labute approximate surface area is 116 Å². The number of benzene rings is 1. The lowest BCUT2D eigenvalue weighted by molar-refractivity contribution is -0.141. The van der Waals surface area contributed by atoms with Crippen LogP contribution >= 0.6 is 0 Å². The van der Waals surface area contributed by atoms with Crippen molar-refractivity contribution in [3.63, 3.8) is 0 Å². The topological polar surface area (TPSA) is 20.3 Å². The summed E-state index contributed by atoms with van der Waals surface area (Å²) >= 11 is 0. The molecule has 104 valence electrons. The average molecular weight is 259 g/mol. The van der Waals surface area contributed by atoms with E-state index in [-0.39, 0.29) is 5.41 Å². The number of hydrogen-bond acceptors (Lipinski definition) is 1. The van der Waals surface area contributed by atoms with Crippen LogP contribution in [0.15, 0.2) is 30.3 Å². The molecule has 0 aliphatic carbocycles. The van der Waals surface area contributed by atoms with E-state index in [1.165, 1.54) is 5.56 Å². The van der Waals surface area contributed by atoms with E-state index in [4.69, 9.17) is 0 Å². The Morgan fingerprint density at radius 3 is 2.32 bits per heavy atom. The summed E-state index contributed by atoms with van der Waals surface area (Å²) in [6.07, 6.45) is 3.09. The van der Waals surface area contributed by atoms with Crippen molar-refractivity contribution in [3.05, 3.63) is 35.9 Å². The molecule has 0 bridgehead atoms. The first-order chi connectivity index (χ1) is 9.04. The van der Waals surface area contributed by atoms with Gasteiger partial charge in [0.1, 0.15) is 0 Å². The Kier molecular flexibility index (Phi) is 4.28. The van der Waals surface area contributed by atoms with Gasteiger partial charge in [0.15, 0.2) is 0 Å². The number of likely N-dealkylation sites (tertiary alicyclic amines) is 1. The van der Waals surface area contributed by atoms with Gasteiger partial charge in [-0.15, -0.1) is 0 Å². The van der Waals surface area contributed by atoms with Crippen molar-refractivity contribution in [2.75, 3.05) is 13.1 Å². The van der Waals surface area contributed by atoms with Crippen LogP contribution in [0.25, 0.3) is 0 Å². The number of nitrogens with zero attached hydrogens (tertiary/aromatic N) is 1. The van der Waals surface area contributed by atoms with Crippen molar-refractivity contribution in [1.82, 2.24) is 4.90 Å². The Hall–Kier alpha value is -1.31. The van der Waals surface area contributed by atoms with E-state index in [1.807, 2.05) is 0 Å². The monoisotopic (exact) mass is 259 g/mol. The van der Waals surface area contributed by atoms with Gasteiger partial charge in [-0.1, -0.05) is 51.1 Å². The quantitative estimate of drug-likeness (QED) is 0.808. The van der Waals surface area contributed by atoms with Crippen molar-refractivity contribution in [3.8, 4) is 0 Å². The highest BCUT2D eigenvalue weighted by Crippen LogP contribution is 2.31. The molecule has 1 saturated heterocycles. The Morgan fingerprint density at radius 2 is 1.79 bits per heavy atom. The number of piperidine rings is 1. The average Bonchev–Trinajstić information content (AvgIpc) is 2.47. The van der Waals surface area contributed by atoms with Gasteiger partial charge in [-0.2, -0.15) is 0 Å². The number of amides is 1. The fourth-order valence-corrected chi connectivity index (χ4v) is 2.72. The maximum Gasteiger partial charge on any atom is 0.228 e. The summed E-state index contributed by atoms with van der Waals surface area (Å²) in [6.45, 7) is 8.01. The minimum atomic E-state index is -0.209. The van der Waals surface area contributed by atoms with Gasteiger partial charge in [0.2, 0.25) is 5.91 Å². The molecule has 0 radical (unpaired) electrons. The molecule has 0 saturated carbocycles. The second-order valence-electron chi connectivity index (χ2n) is 6.21. The normalized spacial score (nSPS) is 17.5. The van der Waals surface area contributed by atoms with Crippen molar-refractivity contribution in [2.45, 2.75) is 46.0 Å². The third-order valence-electron chi connectivity index (χ3n) is 4.52. The summed E-state index contributed by atoms with van der Waals surface area (Å²) in [6, 6.07) is 10.7. The molecular formula is C17H25NO. The molecule has 1 heterocycles. The van der Waals surface area contributed by atoms with Crippen molar-refractivity contribution >= 4 is 5.91 Å². The molecule has 1 aromatic rings. The van der Waals surface area contributed by atoms with Crippen LogP contribution in [0.1, 0.15) is 51.5 Å².